The smallest absolute Gasteiger partial charge is 0.243 e. The topological polar surface area (TPSA) is 78.0 Å². The summed E-state index contributed by atoms with van der Waals surface area (Å²) < 4.78 is 27.1. The Morgan fingerprint density at radius 3 is 1.89 bits per heavy atom. The number of rotatable bonds is 3. The molecule has 2 amide bonds. The number of hydrogen-bond acceptors (Lipinski definition) is 5. The van der Waals surface area contributed by atoms with Crippen LogP contribution in [0.15, 0.2) is 29.2 Å². The van der Waals surface area contributed by atoms with E-state index in [1.807, 2.05) is 7.05 Å². The standard InChI is InChI=1S/C19H25N3O4S/c1-20-10-12-21(13-11-20)27(25,26)15-8-6-14(7-9-15)22-18(23)16-4-2-3-5-17(16)19(22)24/h6-9,16-17H,2-5,10-13H2,1H3. The average Bonchev–Trinajstić information content (AvgIpc) is 2.93. The number of amides is 2. The summed E-state index contributed by atoms with van der Waals surface area (Å²) in [5, 5.41) is 0. The minimum atomic E-state index is -3.56. The van der Waals surface area contributed by atoms with Gasteiger partial charge >= 0.3 is 0 Å². The highest BCUT2D eigenvalue weighted by molar-refractivity contribution is 7.89. The van der Waals surface area contributed by atoms with Gasteiger partial charge in [-0.25, -0.2) is 8.42 Å². The zero-order valence-corrected chi connectivity index (χ0v) is 16.3. The van der Waals surface area contributed by atoms with E-state index < -0.39 is 10.0 Å². The molecule has 0 N–H and O–H groups in total. The van der Waals surface area contributed by atoms with Crippen molar-refractivity contribution < 1.29 is 18.0 Å². The first kappa shape index (κ1) is 18.6. The van der Waals surface area contributed by atoms with E-state index in [1.54, 1.807) is 12.1 Å². The van der Waals surface area contributed by atoms with Gasteiger partial charge in [-0.3, -0.25) is 14.5 Å². The number of imide groups is 1. The first-order valence-electron chi connectivity index (χ1n) is 9.56. The van der Waals surface area contributed by atoms with E-state index in [-0.39, 0.29) is 28.5 Å². The maximum atomic E-state index is 12.8. The maximum absolute atomic E-state index is 12.8. The number of nitrogens with zero attached hydrogens (tertiary/aromatic N) is 3. The van der Waals surface area contributed by atoms with E-state index in [0.717, 1.165) is 25.7 Å². The summed E-state index contributed by atoms with van der Waals surface area (Å²) in [6.07, 6.45) is 3.50. The first-order valence-corrected chi connectivity index (χ1v) is 11.0. The molecule has 0 radical (unpaired) electrons. The molecule has 7 nitrogen and oxygen atoms in total. The Morgan fingerprint density at radius 1 is 0.852 bits per heavy atom. The number of sulfonamides is 1. The van der Waals surface area contributed by atoms with Gasteiger partial charge in [0.05, 0.1) is 22.4 Å². The van der Waals surface area contributed by atoms with Crippen molar-refractivity contribution in [3.8, 4) is 0 Å². The lowest BCUT2D eigenvalue weighted by atomic mass is 9.81. The van der Waals surface area contributed by atoms with Crippen LogP contribution in [0.25, 0.3) is 0 Å². The van der Waals surface area contributed by atoms with Gasteiger partial charge in [0.2, 0.25) is 21.8 Å². The van der Waals surface area contributed by atoms with Gasteiger partial charge in [-0.2, -0.15) is 4.31 Å². The van der Waals surface area contributed by atoms with Crippen molar-refractivity contribution in [2.24, 2.45) is 11.8 Å². The molecule has 8 heteroatoms. The Balaban J connectivity index is 1.55. The Bertz CT molecular complexity index is 820. The third-order valence-corrected chi connectivity index (χ3v) is 7.95. The number of likely N-dealkylation sites (N-methyl/N-ethyl adjacent to an activating group) is 1. The monoisotopic (exact) mass is 391 g/mol. The number of piperazine rings is 1. The fourth-order valence-electron chi connectivity index (χ4n) is 4.36. The molecule has 2 unspecified atom stereocenters. The maximum Gasteiger partial charge on any atom is 0.243 e. The molecule has 2 atom stereocenters. The van der Waals surface area contributed by atoms with Crippen molar-refractivity contribution in [1.82, 2.24) is 9.21 Å². The highest BCUT2D eigenvalue weighted by atomic mass is 32.2. The van der Waals surface area contributed by atoms with Crippen LogP contribution in [0.5, 0.6) is 0 Å². The predicted molar refractivity (Wildman–Crippen MR) is 101 cm³/mol. The van der Waals surface area contributed by atoms with E-state index in [9.17, 15) is 18.0 Å². The molecule has 0 aromatic heterocycles. The molecular weight excluding hydrogens is 366 g/mol. The summed E-state index contributed by atoms with van der Waals surface area (Å²) in [5.41, 5.74) is 0.469. The molecule has 146 valence electrons. The van der Waals surface area contributed by atoms with Crippen LogP contribution in [0.3, 0.4) is 0 Å². The largest absolute Gasteiger partial charge is 0.304 e. The Hall–Kier alpha value is -1.77. The zero-order valence-electron chi connectivity index (χ0n) is 15.5. The van der Waals surface area contributed by atoms with E-state index in [1.165, 1.54) is 21.3 Å². The second-order valence-corrected chi connectivity index (χ2v) is 9.65. The fraction of sp³-hybridized carbons (Fsp3) is 0.579. The molecule has 2 aliphatic heterocycles. The SMILES string of the molecule is CN1CCN(S(=O)(=O)c2ccc(N3C(=O)C4CCCCC4C3=O)cc2)CC1. The van der Waals surface area contributed by atoms with Crippen molar-refractivity contribution in [1.29, 1.82) is 0 Å². The molecular formula is C19H25N3O4S. The number of carbonyl (C=O) groups is 2. The van der Waals surface area contributed by atoms with Crippen LogP contribution in [0.4, 0.5) is 5.69 Å². The van der Waals surface area contributed by atoms with Crippen LogP contribution in [0.2, 0.25) is 0 Å². The number of fused-ring (bicyclic) bond motifs is 1. The van der Waals surface area contributed by atoms with Gasteiger partial charge in [-0.1, -0.05) is 12.8 Å². The van der Waals surface area contributed by atoms with Crippen molar-refractivity contribution in [2.75, 3.05) is 38.1 Å². The van der Waals surface area contributed by atoms with Gasteiger partial charge in [-0.15, -0.1) is 0 Å². The molecule has 2 heterocycles. The van der Waals surface area contributed by atoms with Crippen LogP contribution in [0, 0.1) is 11.8 Å². The summed E-state index contributed by atoms with van der Waals surface area (Å²) in [7, 11) is -1.58. The van der Waals surface area contributed by atoms with Gasteiger partial charge in [0, 0.05) is 26.2 Å². The van der Waals surface area contributed by atoms with Gasteiger partial charge in [0.25, 0.3) is 0 Å². The number of anilines is 1. The lowest BCUT2D eigenvalue weighted by Gasteiger charge is -2.31. The highest BCUT2D eigenvalue weighted by Gasteiger charge is 2.48. The molecule has 4 rings (SSSR count). The van der Waals surface area contributed by atoms with Crippen molar-refractivity contribution in [2.45, 2.75) is 30.6 Å². The third kappa shape index (κ3) is 3.19. The Kier molecular flexibility index (Phi) is 4.82. The van der Waals surface area contributed by atoms with Crippen LogP contribution in [-0.4, -0.2) is 62.7 Å². The van der Waals surface area contributed by atoms with Crippen LogP contribution in [0.1, 0.15) is 25.7 Å². The van der Waals surface area contributed by atoms with Gasteiger partial charge in [-0.05, 0) is 44.2 Å². The van der Waals surface area contributed by atoms with E-state index in [2.05, 4.69) is 4.90 Å². The lowest BCUT2D eigenvalue weighted by Crippen LogP contribution is -2.47. The number of carbonyl (C=O) groups excluding carboxylic acids is 2. The van der Waals surface area contributed by atoms with Crippen molar-refractivity contribution >= 4 is 27.5 Å². The summed E-state index contributed by atoms with van der Waals surface area (Å²) in [6.45, 7) is 2.34. The number of benzene rings is 1. The van der Waals surface area contributed by atoms with E-state index in [0.29, 0.717) is 31.9 Å². The Morgan fingerprint density at radius 2 is 1.37 bits per heavy atom. The van der Waals surface area contributed by atoms with Gasteiger partial charge < -0.3 is 4.90 Å². The molecule has 1 aromatic carbocycles. The van der Waals surface area contributed by atoms with E-state index >= 15 is 0 Å². The molecule has 1 aromatic rings. The minimum absolute atomic E-state index is 0.139. The number of hydrogen-bond donors (Lipinski definition) is 0. The highest BCUT2D eigenvalue weighted by Crippen LogP contribution is 2.40. The second kappa shape index (κ2) is 7.00. The summed E-state index contributed by atoms with van der Waals surface area (Å²) in [5.74, 6) is -0.696. The molecule has 1 saturated carbocycles. The molecule has 2 saturated heterocycles. The van der Waals surface area contributed by atoms with Gasteiger partial charge in [0.15, 0.2) is 0 Å². The second-order valence-electron chi connectivity index (χ2n) is 7.71. The van der Waals surface area contributed by atoms with Crippen molar-refractivity contribution in [3.63, 3.8) is 0 Å². The minimum Gasteiger partial charge on any atom is -0.304 e. The molecule has 3 fully saturated rings. The quantitative estimate of drug-likeness (QED) is 0.726. The van der Waals surface area contributed by atoms with E-state index in [4.69, 9.17) is 0 Å². The normalized spacial score (nSPS) is 27.8. The first-order chi connectivity index (χ1) is 12.9. The molecule has 0 spiro atoms. The fourth-order valence-corrected chi connectivity index (χ4v) is 5.78. The van der Waals surface area contributed by atoms with Crippen LogP contribution >= 0.6 is 0 Å². The molecule has 27 heavy (non-hydrogen) atoms. The lowest BCUT2D eigenvalue weighted by molar-refractivity contribution is -0.122. The molecule has 0 bridgehead atoms. The van der Waals surface area contributed by atoms with Crippen LogP contribution < -0.4 is 4.90 Å². The molecule has 3 aliphatic rings. The van der Waals surface area contributed by atoms with Gasteiger partial charge in [0.1, 0.15) is 0 Å². The Labute approximate surface area is 160 Å². The predicted octanol–water partition coefficient (Wildman–Crippen LogP) is 1.30. The summed E-state index contributed by atoms with van der Waals surface area (Å²) >= 11 is 0. The summed E-state index contributed by atoms with van der Waals surface area (Å²) in [6, 6.07) is 6.17. The average molecular weight is 391 g/mol. The summed E-state index contributed by atoms with van der Waals surface area (Å²) in [4.78, 5) is 28.9. The van der Waals surface area contributed by atoms with Crippen molar-refractivity contribution in [3.05, 3.63) is 24.3 Å². The third-order valence-electron chi connectivity index (χ3n) is 6.04. The zero-order chi connectivity index (χ0) is 19.2. The molecule has 1 aliphatic carbocycles. The van der Waals surface area contributed by atoms with Crippen LogP contribution in [-0.2, 0) is 19.6 Å².